The molecular weight excluding hydrogens is 388 g/mol. The number of rotatable bonds is 5. The lowest BCUT2D eigenvalue weighted by Gasteiger charge is -2.12. The standard InChI is InChI=1S/C14H13BrN2O5S/c1-9-7-10(3-5-12(9)15)16-23(20,21)14-8-11(17(18)19)4-6-13(14)22-2/h3-8,16H,1-2H3. The number of sulfonamides is 1. The first-order valence-electron chi connectivity index (χ1n) is 6.36. The number of benzene rings is 2. The normalized spacial score (nSPS) is 11.1. The minimum atomic E-state index is -4.04. The van der Waals surface area contributed by atoms with Crippen molar-refractivity contribution < 1.29 is 18.1 Å². The van der Waals surface area contributed by atoms with Crippen molar-refractivity contribution in [3.05, 3.63) is 56.5 Å². The number of ether oxygens (including phenoxy) is 1. The topological polar surface area (TPSA) is 98.5 Å². The monoisotopic (exact) mass is 400 g/mol. The second kappa shape index (κ2) is 6.55. The molecular formula is C14H13BrN2O5S. The molecule has 0 atom stereocenters. The van der Waals surface area contributed by atoms with Crippen molar-refractivity contribution in [2.24, 2.45) is 0 Å². The van der Waals surface area contributed by atoms with Gasteiger partial charge in [0, 0.05) is 22.3 Å². The maximum atomic E-state index is 12.5. The van der Waals surface area contributed by atoms with Crippen LogP contribution in [0, 0.1) is 17.0 Å². The Kier molecular flexibility index (Phi) is 4.90. The summed E-state index contributed by atoms with van der Waals surface area (Å²) in [6, 6.07) is 8.33. The lowest BCUT2D eigenvalue weighted by atomic mass is 10.2. The number of anilines is 1. The van der Waals surface area contributed by atoms with Gasteiger partial charge in [-0.05, 0) is 36.8 Å². The Hall–Kier alpha value is -2.13. The molecule has 0 fully saturated rings. The molecule has 2 rings (SSSR count). The van der Waals surface area contributed by atoms with Gasteiger partial charge in [-0.15, -0.1) is 0 Å². The molecule has 0 aliphatic rings. The minimum Gasteiger partial charge on any atom is -0.495 e. The molecule has 9 heteroatoms. The summed E-state index contributed by atoms with van der Waals surface area (Å²) in [5, 5.41) is 10.9. The van der Waals surface area contributed by atoms with E-state index < -0.39 is 14.9 Å². The third kappa shape index (κ3) is 3.80. The van der Waals surface area contributed by atoms with Crippen LogP contribution < -0.4 is 9.46 Å². The number of hydrogen-bond donors (Lipinski definition) is 1. The first-order chi connectivity index (χ1) is 10.7. The van der Waals surface area contributed by atoms with Crippen molar-refractivity contribution in [1.82, 2.24) is 0 Å². The quantitative estimate of drug-likeness (QED) is 0.611. The largest absolute Gasteiger partial charge is 0.495 e. The first-order valence-corrected chi connectivity index (χ1v) is 8.63. The summed E-state index contributed by atoms with van der Waals surface area (Å²) in [4.78, 5) is 9.90. The molecule has 0 bridgehead atoms. The van der Waals surface area contributed by atoms with Gasteiger partial charge in [0.15, 0.2) is 0 Å². The van der Waals surface area contributed by atoms with Crippen molar-refractivity contribution in [3.63, 3.8) is 0 Å². The molecule has 2 aromatic rings. The van der Waals surface area contributed by atoms with Crippen LogP contribution >= 0.6 is 15.9 Å². The molecule has 1 N–H and O–H groups in total. The fourth-order valence-electron chi connectivity index (χ4n) is 1.91. The minimum absolute atomic E-state index is 0.0249. The zero-order chi connectivity index (χ0) is 17.2. The van der Waals surface area contributed by atoms with E-state index in [9.17, 15) is 18.5 Å². The van der Waals surface area contributed by atoms with E-state index in [0.717, 1.165) is 16.1 Å². The number of nitro groups is 1. The lowest BCUT2D eigenvalue weighted by molar-refractivity contribution is -0.385. The molecule has 0 radical (unpaired) electrons. The van der Waals surface area contributed by atoms with Crippen molar-refractivity contribution in [3.8, 4) is 5.75 Å². The highest BCUT2D eigenvalue weighted by atomic mass is 79.9. The number of nitro benzene ring substituents is 1. The van der Waals surface area contributed by atoms with Crippen LogP contribution in [0.5, 0.6) is 5.75 Å². The molecule has 0 aliphatic carbocycles. The number of halogens is 1. The zero-order valence-electron chi connectivity index (χ0n) is 12.2. The number of methoxy groups -OCH3 is 1. The van der Waals surface area contributed by atoms with Crippen LogP contribution in [0.3, 0.4) is 0 Å². The molecule has 0 unspecified atom stereocenters. The van der Waals surface area contributed by atoms with Crippen LogP contribution in [0.4, 0.5) is 11.4 Å². The Labute approximate surface area is 141 Å². The number of nitrogens with zero attached hydrogens (tertiary/aromatic N) is 1. The molecule has 0 aromatic heterocycles. The molecule has 0 amide bonds. The molecule has 0 spiro atoms. The van der Waals surface area contributed by atoms with Crippen molar-refractivity contribution in [2.75, 3.05) is 11.8 Å². The SMILES string of the molecule is COc1ccc([N+](=O)[O-])cc1S(=O)(=O)Nc1ccc(Br)c(C)c1. The zero-order valence-corrected chi connectivity index (χ0v) is 14.6. The summed E-state index contributed by atoms with van der Waals surface area (Å²) >= 11 is 3.33. The number of aryl methyl sites for hydroxylation is 1. The van der Waals surface area contributed by atoms with Crippen molar-refractivity contribution in [2.45, 2.75) is 11.8 Å². The average Bonchev–Trinajstić information content (AvgIpc) is 2.50. The Morgan fingerprint density at radius 1 is 1.22 bits per heavy atom. The van der Waals surface area contributed by atoms with Gasteiger partial charge >= 0.3 is 0 Å². The van der Waals surface area contributed by atoms with Crippen LogP contribution in [0.25, 0.3) is 0 Å². The predicted octanol–water partition coefficient (Wildman–Crippen LogP) is 3.48. The molecule has 2 aromatic carbocycles. The summed E-state index contributed by atoms with van der Waals surface area (Å²) in [5.74, 6) is 0.0249. The molecule has 0 saturated carbocycles. The van der Waals surface area contributed by atoms with Gasteiger partial charge in [-0.3, -0.25) is 14.8 Å². The summed E-state index contributed by atoms with van der Waals surface area (Å²) in [6.45, 7) is 1.82. The van der Waals surface area contributed by atoms with Gasteiger partial charge in [-0.2, -0.15) is 0 Å². The molecule has 23 heavy (non-hydrogen) atoms. The Balaban J connectivity index is 2.47. The second-order valence-electron chi connectivity index (χ2n) is 4.66. The first kappa shape index (κ1) is 17.2. The fourth-order valence-corrected chi connectivity index (χ4v) is 3.39. The maximum absolute atomic E-state index is 12.5. The summed E-state index contributed by atoms with van der Waals surface area (Å²) in [7, 11) is -2.74. The molecule has 0 aliphatic heterocycles. The lowest BCUT2D eigenvalue weighted by Crippen LogP contribution is -2.14. The van der Waals surface area contributed by atoms with E-state index in [1.807, 2.05) is 6.92 Å². The number of nitrogens with one attached hydrogen (secondary N) is 1. The van der Waals surface area contributed by atoms with Crippen LogP contribution in [-0.4, -0.2) is 20.5 Å². The van der Waals surface area contributed by atoms with E-state index in [2.05, 4.69) is 20.7 Å². The summed E-state index contributed by atoms with van der Waals surface area (Å²) in [6.07, 6.45) is 0. The Morgan fingerprint density at radius 3 is 2.48 bits per heavy atom. The van der Waals surface area contributed by atoms with Gasteiger partial charge in [0.2, 0.25) is 0 Å². The van der Waals surface area contributed by atoms with E-state index in [-0.39, 0.29) is 16.3 Å². The van der Waals surface area contributed by atoms with Crippen LogP contribution in [-0.2, 0) is 10.0 Å². The van der Waals surface area contributed by atoms with Crippen LogP contribution in [0.2, 0.25) is 0 Å². The number of non-ortho nitro benzene ring substituents is 1. The van der Waals surface area contributed by atoms with Crippen molar-refractivity contribution in [1.29, 1.82) is 0 Å². The smallest absolute Gasteiger partial charge is 0.271 e. The van der Waals surface area contributed by atoms with Crippen molar-refractivity contribution >= 4 is 37.3 Å². The summed E-state index contributed by atoms with van der Waals surface area (Å²) < 4.78 is 33.3. The van der Waals surface area contributed by atoms with E-state index in [1.54, 1.807) is 18.2 Å². The van der Waals surface area contributed by atoms with Gasteiger partial charge in [-0.1, -0.05) is 15.9 Å². The van der Waals surface area contributed by atoms with E-state index in [0.29, 0.717) is 5.69 Å². The van der Waals surface area contributed by atoms with E-state index >= 15 is 0 Å². The highest BCUT2D eigenvalue weighted by Gasteiger charge is 2.23. The Morgan fingerprint density at radius 2 is 1.91 bits per heavy atom. The van der Waals surface area contributed by atoms with Crippen LogP contribution in [0.1, 0.15) is 5.56 Å². The van der Waals surface area contributed by atoms with Gasteiger partial charge in [0.25, 0.3) is 15.7 Å². The van der Waals surface area contributed by atoms with E-state index in [1.165, 1.54) is 19.2 Å². The Bertz CT molecular complexity index is 867. The summed E-state index contributed by atoms with van der Waals surface area (Å²) in [5.41, 5.74) is 0.855. The molecule has 122 valence electrons. The fraction of sp³-hybridized carbons (Fsp3) is 0.143. The average molecular weight is 401 g/mol. The molecule has 0 saturated heterocycles. The predicted molar refractivity (Wildman–Crippen MR) is 89.3 cm³/mol. The second-order valence-corrected chi connectivity index (χ2v) is 7.17. The van der Waals surface area contributed by atoms with Gasteiger partial charge < -0.3 is 4.74 Å². The third-order valence-electron chi connectivity index (χ3n) is 3.06. The highest BCUT2D eigenvalue weighted by Crippen LogP contribution is 2.30. The van der Waals surface area contributed by atoms with Gasteiger partial charge in [0.1, 0.15) is 10.6 Å². The molecule has 7 nitrogen and oxygen atoms in total. The third-order valence-corrected chi connectivity index (χ3v) is 5.35. The molecule has 0 heterocycles. The van der Waals surface area contributed by atoms with Gasteiger partial charge in [0.05, 0.1) is 12.0 Å². The van der Waals surface area contributed by atoms with E-state index in [4.69, 9.17) is 4.74 Å². The number of hydrogen-bond acceptors (Lipinski definition) is 5. The maximum Gasteiger partial charge on any atom is 0.271 e. The van der Waals surface area contributed by atoms with Gasteiger partial charge in [-0.25, -0.2) is 8.42 Å². The van der Waals surface area contributed by atoms with Crippen LogP contribution in [0.15, 0.2) is 45.8 Å². The highest BCUT2D eigenvalue weighted by molar-refractivity contribution is 9.10.